The van der Waals surface area contributed by atoms with E-state index < -0.39 is 5.24 Å². The molecule has 1 aliphatic heterocycles. The molecule has 0 bridgehead atoms. The Hall–Kier alpha value is -1.00. The smallest absolute Gasteiger partial charge is 0.252 e. The Kier molecular flexibility index (Phi) is 2.48. The van der Waals surface area contributed by atoms with Gasteiger partial charge in [0.25, 0.3) is 5.24 Å². The van der Waals surface area contributed by atoms with Crippen molar-refractivity contribution in [1.29, 1.82) is 0 Å². The van der Waals surface area contributed by atoms with E-state index in [2.05, 4.69) is 5.32 Å². The fourth-order valence-electron chi connectivity index (χ4n) is 1.21. The summed E-state index contributed by atoms with van der Waals surface area (Å²) in [5.74, 6) is 0.364. The molecule has 1 aromatic carbocycles. The molecule has 1 heterocycles. The quantitative estimate of drug-likeness (QED) is 0.748. The zero-order chi connectivity index (χ0) is 10.1. The number of carbonyl (C=O) groups is 2. The zero-order valence-corrected chi connectivity index (χ0v) is 8.61. The second-order valence-electron chi connectivity index (χ2n) is 2.82. The maximum Gasteiger partial charge on any atom is 0.252 e. The Labute approximate surface area is 89.8 Å². The van der Waals surface area contributed by atoms with Crippen molar-refractivity contribution in [2.75, 3.05) is 11.1 Å². The number of hydrogen-bond acceptors (Lipinski definition) is 3. The molecule has 0 saturated heterocycles. The van der Waals surface area contributed by atoms with E-state index in [1.807, 2.05) is 0 Å². The van der Waals surface area contributed by atoms with Gasteiger partial charge in [-0.15, -0.1) is 11.8 Å². The molecule has 1 amide bonds. The Morgan fingerprint density at radius 2 is 2.29 bits per heavy atom. The van der Waals surface area contributed by atoms with Crippen molar-refractivity contribution in [3.63, 3.8) is 0 Å². The molecular weight excluding hydrogens is 222 g/mol. The third kappa shape index (κ3) is 1.76. The van der Waals surface area contributed by atoms with Crippen LogP contribution in [0.3, 0.4) is 0 Å². The van der Waals surface area contributed by atoms with Crippen LogP contribution in [0.5, 0.6) is 0 Å². The maximum absolute atomic E-state index is 11.1. The van der Waals surface area contributed by atoms with E-state index in [-0.39, 0.29) is 5.91 Å². The molecule has 72 valence electrons. The van der Waals surface area contributed by atoms with Gasteiger partial charge < -0.3 is 5.32 Å². The van der Waals surface area contributed by atoms with Crippen LogP contribution in [-0.4, -0.2) is 16.9 Å². The average Bonchev–Trinajstić information content (AvgIpc) is 2.16. The molecule has 0 atom stereocenters. The van der Waals surface area contributed by atoms with Crippen molar-refractivity contribution in [2.45, 2.75) is 4.90 Å². The average molecular weight is 228 g/mol. The topological polar surface area (TPSA) is 46.2 Å². The summed E-state index contributed by atoms with van der Waals surface area (Å²) in [5, 5.41) is 2.17. The lowest BCUT2D eigenvalue weighted by Crippen LogP contribution is -2.18. The number of amides is 1. The minimum Gasteiger partial charge on any atom is -0.324 e. The van der Waals surface area contributed by atoms with Gasteiger partial charge in [0, 0.05) is 10.5 Å². The van der Waals surface area contributed by atoms with Gasteiger partial charge >= 0.3 is 0 Å². The highest BCUT2D eigenvalue weighted by atomic mass is 35.5. The third-order valence-electron chi connectivity index (χ3n) is 1.84. The molecule has 0 unspecified atom stereocenters. The predicted molar refractivity (Wildman–Crippen MR) is 56.0 cm³/mol. The van der Waals surface area contributed by atoms with Crippen molar-refractivity contribution in [2.24, 2.45) is 0 Å². The van der Waals surface area contributed by atoms with Crippen LogP contribution in [0.25, 0.3) is 0 Å². The SMILES string of the molecule is O=C1CSc2ccc(C(=O)Cl)cc2N1. The fourth-order valence-corrected chi connectivity index (χ4v) is 2.11. The van der Waals surface area contributed by atoms with Gasteiger partial charge in [-0.1, -0.05) is 0 Å². The molecule has 5 heteroatoms. The van der Waals surface area contributed by atoms with Gasteiger partial charge in [0.1, 0.15) is 0 Å². The van der Waals surface area contributed by atoms with E-state index in [1.54, 1.807) is 18.2 Å². The minimum absolute atomic E-state index is 0.0540. The second kappa shape index (κ2) is 3.63. The Morgan fingerprint density at radius 1 is 1.50 bits per heavy atom. The predicted octanol–water partition coefficient (Wildman–Crippen LogP) is 2.11. The molecule has 1 aliphatic rings. The lowest BCUT2D eigenvalue weighted by Gasteiger charge is -2.16. The van der Waals surface area contributed by atoms with E-state index >= 15 is 0 Å². The Morgan fingerprint density at radius 3 is 3.00 bits per heavy atom. The van der Waals surface area contributed by atoms with E-state index in [1.165, 1.54) is 11.8 Å². The van der Waals surface area contributed by atoms with E-state index in [4.69, 9.17) is 11.6 Å². The number of thioether (sulfide) groups is 1. The summed E-state index contributed by atoms with van der Waals surface area (Å²) in [5.41, 5.74) is 1.06. The number of fused-ring (bicyclic) bond motifs is 1. The highest BCUT2D eigenvalue weighted by molar-refractivity contribution is 8.00. The van der Waals surface area contributed by atoms with Gasteiger partial charge in [0.05, 0.1) is 11.4 Å². The van der Waals surface area contributed by atoms with Crippen molar-refractivity contribution in [3.05, 3.63) is 23.8 Å². The Balaban J connectivity index is 2.42. The number of halogens is 1. The molecule has 0 radical (unpaired) electrons. The van der Waals surface area contributed by atoms with Crippen LogP contribution in [0.1, 0.15) is 10.4 Å². The van der Waals surface area contributed by atoms with Gasteiger partial charge in [-0.25, -0.2) is 0 Å². The van der Waals surface area contributed by atoms with Gasteiger partial charge in [0.15, 0.2) is 0 Å². The van der Waals surface area contributed by atoms with Gasteiger partial charge in [-0.3, -0.25) is 9.59 Å². The van der Waals surface area contributed by atoms with E-state index in [0.29, 0.717) is 17.0 Å². The first kappa shape index (κ1) is 9.55. The molecule has 0 spiro atoms. The number of rotatable bonds is 1. The number of hydrogen-bond donors (Lipinski definition) is 1. The molecule has 2 rings (SSSR count). The van der Waals surface area contributed by atoms with Crippen molar-refractivity contribution in [3.8, 4) is 0 Å². The summed E-state index contributed by atoms with van der Waals surface area (Å²) in [6.45, 7) is 0. The largest absolute Gasteiger partial charge is 0.324 e. The molecule has 14 heavy (non-hydrogen) atoms. The highest BCUT2D eigenvalue weighted by Crippen LogP contribution is 2.32. The molecular formula is C9H6ClNO2S. The first-order chi connectivity index (χ1) is 6.66. The molecule has 0 fully saturated rings. The minimum atomic E-state index is -0.516. The molecule has 0 aromatic heterocycles. The normalized spacial score (nSPS) is 14.5. The molecule has 1 aromatic rings. The van der Waals surface area contributed by atoms with Crippen LogP contribution < -0.4 is 5.32 Å². The number of anilines is 1. The summed E-state index contributed by atoms with van der Waals surface area (Å²) < 4.78 is 0. The summed E-state index contributed by atoms with van der Waals surface area (Å²) in [4.78, 5) is 22.9. The molecule has 0 saturated carbocycles. The zero-order valence-electron chi connectivity index (χ0n) is 7.04. The van der Waals surface area contributed by atoms with Crippen LogP contribution in [0.15, 0.2) is 23.1 Å². The van der Waals surface area contributed by atoms with Gasteiger partial charge in [-0.2, -0.15) is 0 Å². The summed E-state index contributed by atoms with van der Waals surface area (Å²) in [7, 11) is 0. The van der Waals surface area contributed by atoms with Crippen LogP contribution in [0.4, 0.5) is 5.69 Å². The van der Waals surface area contributed by atoms with Crippen molar-refractivity contribution >= 4 is 40.2 Å². The summed E-state index contributed by atoms with van der Waals surface area (Å²) in [6.07, 6.45) is 0. The first-order valence-corrected chi connectivity index (χ1v) is 5.30. The molecule has 1 N–H and O–H groups in total. The van der Waals surface area contributed by atoms with Crippen LogP contribution >= 0.6 is 23.4 Å². The van der Waals surface area contributed by atoms with Crippen LogP contribution in [0, 0.1) is 0 Å². The lowest BCUT2D eigenvalue weighted by molar-refractivity contribution is -0.113. The Bertz CT molecular complexity index is 419. The van der Waals surface area contributed by atoms with Crippen molar-refractivity contribution < 1.29 is 9.59 Å². The molecule has 3 nitrogen and oxygen atoms in total. The highest BCUT2D eigenvalue weighted by Gasteiger charge is 2.16. The third-order valence-corrected chi connectivity index (χ3v) is 3.13. The molecule has 0 aliphatic carbocycles. The van der Waals surface area contributed by atoms with E-state index in [9.17, 15) is 9.59 Å². The number of nitrogens with one attached hydrogen (secondary N) is 1. The number of benzene rings is 1. The number of carbonyl (C=O) groups excluding carboxylic acids is 2. The second-order valence-corrected chi connectivity index (χ2v) is 4.18. The lowest BCUT2D eigenvalue weighted by atomic mass is 10.2. The monoisotopic (exact) mass is 227 g/mol. The van der Waals surface area contributed by atoms with Crippen molar-refractivity contribution in [1.82, 2.24) is 0 Å². The van der Waals surface area contributed by atoms with E-state index in [0.717, 1.165) is 4.90 Å². The van der Waals surface area contributed by atoms with Crippen LogP contribution in [-0.2, 0) is 4.79 Å². The first-order valence-electron chi connectivity index (χ1n) is 3.93. The summed E-state index contributed by atoms with van der Waals surface area (Å²) >= 11 is 6.77. The van der Waals surface area contributed by atoms with Crippen LogP contribution in [0.2, 0.25) is 0 Å². The standard InChI is InChI=1S/C9H6ClNO2S/c10-9(13)5-1-2-7-6(3-5)11-8(12)4-14-7/h1-3H,4H2,(H,11,12). The fraction of sp³-hybridized carbons (Fsp3) is 0.111. The van der Waals surface area contributed by atoms with Gasteiger partial charge in [-0.05, 0) is 29.8 Å². The summed E-state index contributed by atoms with van der Waals surface area (Å²) in [6, 6.07) is 5.03. The van der Waals surface area contributed by atoms with Gasteiger partial charge in [0.2, 0.25) is 5.91 Å². The maximum atomic E-state index is 11.1.